The largest absolute Gasteiger partial charge is 0.246 e. The molecule has 0 aliphatic carbocycles. The van der Waals surface area contributed by atoms with Gasteiger partial charge >= 0.3 is 0 Å². The Labute approximate surface area is 55.4 Å². The maximum absolute atomic E-state index is 11.7. The minimum atomic E-state index is -0.482. The molecule has 0 aliphatic rings. The molecule has 0 aliphatic heterocycles. The van der Waals surface area contributed by atoms with Crippen molar-refractivity contribution in [3.63, 3.8) is 0 Å². The number of rotatable bonds is 3. The normalized spacial score (nSPS) is 10.0. The minimum absolute atomic E-state index is 0.482. The lowest BCUT2D eigenvalue weighted by atomic mass is 10.2. The van der Waals surface area contributed by atoms with E-state index in [1.165, 1.54) is 0 Å². The van der Waals surface area contributed by atoms with Gasteiger partial charge in [-0.2, -0.15) is 0 Å². The van der Waals surface area contributed by atoms with Gasteiger partial charge in [0.1, 0.15) is 6.67 Å². The number of hydrogen-bond donors (Lipinski definition) is 0. The Morgan fingerprint density at radius 2 is 2.00 bits per heavy atom. The standard InChI is InChI=1S/C8H11F/c1-7(2)4-5-8(3)6-9/h4-5H,1,3,6H2,2H3/b5-4-. The number of halogens is 1. The second-order valence-electron chi connectivity index (χ2n) is 1.97. The second-order valence-corrected chi connectivity index (χ2v) is 1.97. The van der Waals surface area contributed by atoms with Crippen LogP contribution in [-0.2, 0) is 0 Å². The second kappa shape index (κ2) is 4.07. The Balaban J connectivity index is 3.71. The fourth-order valence-corrected chi connectivity index (χ4v) is 0.305. The van der Waals surface area contributed by atoms with Gasteiger partial charge in [-0.05, 0) is 12.5 Å². The van der Waals surface area contributed by atoms with Crippen molar-refractivity contribution >= 4 is 0 Å². The molecule has 0 amide bonds. The van der Waals surface area contributed by atoms with E-state index >= 15 is 0 Å². The Morgan fingerprint density at radius 1 is 1.44 bits per heavy atom. The predicted molar refractivity (Wildman–Crippen MR) is 39.1 cm³/mol. The summed E-state index contributed by atoms with van der Waals surface area (Å²) in [5.74, 6) is 0. The molecule has 0 saturated heterocycles. The van der Waals surface area contributed by atoms with Crippen LogP contribution in [0.3, 0.4) is 0 Å². The molecule has 0 aromatic rings. The highest BCUT2D eigenvalue weighted by Crippen LogP contribution is 1.96. The van der Waals surface area contributed by atoms with E-state index in [-0.39, 0.29) is 0 Å². The molecule has 0 fully saturated rings. The Morgan fingerprint density at radius 3 is 2.33 bits per heavy atom. The number of allylic oxidation sites excluding steroid dienone is 4. The fourth-order valence-electron chi connectivity index (χ4n) is 0.305. The zero-order valence-corrected chi connectivity index (χ0v) is 5.65. The van der Waals surface area contributed by atoms with Gasteiger partial charge in [-0.15, -0.1) is 0 Å². The van der Waals surface area contributed by atoms with Crippen molar-refractivity contribution in [2.45, 2.75) is 6.92 Å². The molecular weight excluding hydrogens is 115 g/mol. The van der Waals surface area contributed by atoms with Gasteiger partial charge in [0.25, 0.3) is 0 Å². The summed E-state index contributed by atoms with van der Waals surface area (Å²) in [7, 11) is 0. The van der Waals surface area contributed by atoms with Crippen molar-refractivity contribution in [3.05, 3.63) is 36.5 Å². The van der Waals surface area contributed by atoms with Crippen LogP contribution in [0, 0.1) is 0 Å². The van der Waals surface area contributed by atoms with Crippen molar-refractivity contribution in [1.82, 2.24) is 0 Å². The van der Waals surface area contributed by atoms with Gasteiger partial charge in [-0.3, -0.25) is 0 Å². The molecule has 0 aromatic heterocycles. The lowest BCUT2D eigenvalue weighted by Gasteiger charge is -1.87. The van der Waals surface area contributed by atoms with Crippen molar-refractivity contribution in [2.75, 3.05) is 6.67 Å². The summed E-state index contributed by atoms with van der Waals surface area (Å²) < 4.78 is 11.7. The van der Waals surface area contributed by atoms with Crippen LogP contribution in [0.5, 0.6) is 0 Å². The Bertz CT molecular complexity index is 143. The summed E-state index contributed by atoms with van der Waals surface area (Å²) in [5.41, 5.74) is 1.39. The third-order valence-electron chi connectivity index (χ3n) is 0.775. The Hall–Kier alpha value is -0.850. The van der Waals surface area contributed by atoms with E-state index in [1.807, 2.05) is 6.92 Å². The summed E-state index contributed by atoms with van der Waals surface area (Å²) in [5, 5.41) is 0. The molecule has 9 heavy (non-hydrogen) atoms. The van der Waals surface area contributed by atoms with Crippen LogP contribution in [0.4, 0.5) is 4.39 Å². The van der Waals surface area contributed by atoms with Crippen LogP contribution in [0.25, 0.3) is 0 Å². The van der Waals surface area contributed by atoms with Gasteiger partial charge in [0.15, 0.2) is 0 Å². The summed E-state index contributed by atoms with van der Waals surface area (Å²) in [6, 6.07) is 0. The van der Waals surface area contributed by atoms with E-state index in [0.717, 1.165) is 5.57 Å². The fraction of sp³-hybridized carbons (Fsp3) is 0.250. The SMILES string of the molecule is C=C(C)/C=C\C(=C)CF. The molecule has 0 nitrogen and oxygen atoms in total. The molecule has 0 bridgehead atoms. The molecule has 0 heterocycles. The van der Waals surface area contributed by atoms with Crippen LogP contribution in [0.15, 0.2) is 36.5 Å². The van der Waals surface area contributed by atoms with Gasteiger partial charge in [0.2, 0.25) is 0 Å². The summed E-state index contributed by atoms with van der Waals surface area (Å²) in [4.78, 5) is 0. The quantitative estimate of drug-likeness (QED) is 0.510. The number of hydrogen-bond acceptors (Lipinski definition) is 0. The molecule has 0 atom stereocenters. The van der Waals surface area contributed by atoms with Crippen LogP contribution in [0.2, 0.25) is 0 Å². The molecule has 0 unspecified atom stereocenters. The highest BCUT2D eigenvalue weighted by Gasteiger charge is 1.82. The van der Waals surface area contributed by atoms with Crippen molar-refractivity contribution < 1.29 is 4.39 Å². The average molecular weight is 126 g/mol. The topological polar surface area (TPSA) is 0 Å². The molecular formula is C8H11F. The predicted octanol–water partition coefficient (Wildman–Crippen LogP) is 2.64. The lowest BCUT2D eigenvalue weighted by Crippen LogP contribution is -1.75. The summed E-state index contributed by atoms with van der Waals surface area (Å²) in [6.07, 6.45) is 3.37. The molecule has 0 N–H and O–H groups in total. The first-order valence-electron chi connectivity index (χ1n) is 2.74. The molecule has 1 heteroatoms. The lowest BCUT2D eigenvalue weighted by molar-refractivity contribution is 0.550. The maximum Gasteiger partial charge on any atom is 0.114 e. The van der Waals surface area contributed by atoms with Gasteiger partial charge in [0, 0.05) is 0 Å². The third kappa shape index (κ3) is 5.01. The van der Waals surface area contributed by atoms with Gasteiger partial charge < -0.3 is 0 Å². The molecule has 0 aromatic carbocycles. The molecule has 0 spiro atoms. The van der Waals surface area contributed by atoms with Crippen molar-refractivity contribution in [3.8, 4) is 0 Å². The Kier molecular flexibility index (Phi) is 3.69. The first-order chi connectivity index (χ1) is 4.16. The highest BCUT2D eigenvalue weighted by atomic mass is 19.1. The van der Waals surface area contributed by atoms with E-state index in [2.05, 4.69) is 13.2 Å². The third-order valence-corrected chi connectivity index (χ3v) is 0.775. The van der Waals surface area contributed by atoms with E-state index < -0.39 is 6.67 Å². The molecule has 0 rings (SSSR count). The smallest absolute Gasteiger partial charge is 0.114 e. The number of alkyl halides is 1. The summed E-state index contributed by atoms with van der Waals surface area (Å²) >= 11 is 0. The van der Waals surface area contributed by atoms with Gasteiger partial charge in [0.05, 0.1) is 0 Å². The van der Waals surface area contributed by atoms with Crippen LogP contribution in [0.1, 0.15) is 6.92 Å². The highest BCUT2D eigenvalue weighted by molar-refractivity contribution is 5.22. The monoisotopic (exact) mass is 126 g/mol. The first kappa shape index (κ1) is 8.15. The average Bonchev–Trinajstić information content (AvgIpc) is 1.83. The molecule has 50 valence electrons. The summed E-state index contributed by atoms with van der Waals surface area (Å²) in [6.45, 7) is 8.42. The maximum atomic E-state index is 11.7. The van der Waals surface area contributed by atoms with E-state index in [9.17, 15) is 4.39 Å². The van der Waals surface area contributed by atoms with Crippen LogP contribution < -0.4 is 0 Å². The molecule has 0 radical (unpaired) electrons. The zero-order valence-electron chi connectivity index (χ0n) is 5.65. The van der Waals surface area contributed by atoms with Gasteiger partial charge in [-0.1, -0.05) is 30.9 Å². The van der Waals surface area contributed by atoms with Crippen LogP contribution >= 0.6 is 0 Å². The van der Waals surface area contributed by atoms with Crippen molar-refractivity contribution in [2.24, 2.45) is 0 Å². The zero-order chi connectivity index (χ0) is 7.28. The minimum Gasteiger partial charge on any atom is -0.246 e. The van der Waals surface area contributed by atoms with Gasteiger partial charge in [-0.25, -0.2) is 4.39 Å². The van der Waals surface area contributed by atoms with Crippen LogP contribution in [-0.4, -0.2) is 6.67 Å². The molecule has 0 saturated carbocycles. The van der Waals surface area contributed by atoms with E-state index in [1.54, 1.807) is 12.2 Å². The van der Waals surface area contributed by atoms with Crippen molar-refractivity contribution in [1.29, 1.82) is 0 Å². The van der Waals surface area contributed by atoms with E-state index in [0.29, 0.717) is 5.57 Å². The first-order valence-corrected chi connectivity index (χ1v) is 2.74. The van der Waals surface area contributed by atoms with E-state index in [4.69, 9.17) is 0 Å².